The summed E-state index contributed by atoms with van der Waals surface area (Å²) in [6, 6.07) is 0. The highest BCUT2D eigenvalue weighted by Crippen LogP contribution is 2.28. The molecular weight excluding hydrogens is 327 g/mol. The third-order valence-corrected chi connectivity index (χ3v) is 3.05. The molecule has 0 aromatic carbocycles. The van der Waals surface area contributed by atoms with E-state index < -0.39 is 12.1 Å². The van der Waals surface area contributed by atoms with Gasteiger partial charge in [-0.05, 0) is 6.08 Å². The van der Waals surface area contributed by atoms with Gasteiger partial charge in [-0.25, -0.2) is 4.79 Å². The summed E-state index contributed by atoms with van der Waals surface area (Å²) < 4.78 is 31.7. The van der Waals surface area contributed by atoms with Crippen molar-refractivity contribution in [2.45, 2.75) is 18.8 Å². The maximum Gasteiger partial charge on any atom is 0.490 e. The van der Waals surface area contributed by atoms with Crippen molar-refractivity contribution in [2.24, 2.45) is 0 Å². The molecule has 0 aromatic rings. The molecule has 3 N–H and O–H groups in total. The van der Waals surface area contributed by atoms with Gasteiger partial charge < -0.3 is 20.0 Å². The van der Waals surface area contributed by atoms with Gasteiger partial charge >= 0.3 is 12.1 Å². The number of rotatable bonds is 5. The van der Waals surface area contributed by atoms with Crippen LogP contribution in [0.4, 0.5) is 13.2 Å². The third-order valence-electron chi connectivity index (χ3n) is 3.05. The Kier molecular flexibility index (Phi) is 7.81. The Hall–Kier alpha value is -2.71. The summed E-state index contributed by atoms with van der Waals surface area (Å²) in [6.07, 6.45) is 0.525. The maximum atomic E-state index is 10.6. The number of amidine groups is 1. The van der Waals surface area contributed by atoms with Crippen molar-refractivity contribution in [2.75, 3.05) is 13.6 Å². The molecule has 1 unspecified atom stereocenters. The zero-order chi connectivity index (χ0) is 19.1. The first kappa shape index (κ1) is 21.3. The van der Waals surface area contributed by atoms with E-state index in [9.17, 15) is 18.3 Å². The number of likely N-dealkylation sites (N-methyl/N-ethyl adjacent to an activating group) is 1. The number of allylic oxidation sites excluding steroid dienone is 1. The Morgan fingerprint density at radius 1 is 1.29 bits per heavy atom. The minimum atomic E-state index is -5.08. The lowest BCUT2D eigenvalue weighted by atomic mass is 10.2. The van der Waals surface area contributed by atoms with Gasteiger partial charge in [-0.3, -0.25) is 5.41 Å². The lowest BCUT2D eigenvalue weighted by Crippen LogP contribution is -2.36. The summed E-state index contributed by atoms with van der Waals surface area (Å²) in [6.45, 7) is 11.5. The van der Waals surface area contributed by atoms with Crippen molar-refractivity contribution in [1.82, 2.24) is 9.80 Å². The number of aliphatic hydroxyl groups excluding tert-OH is 1. The number of nitrogens with one attached hydrogen (secondary N) is 1. The first-order chi connectivity index (χ1) is 11.0. The van der Waals surface area contributed by atoms with E-state index in [-0.39, 0.29) is 17.8 Å². The summed E-state index contributed by atoms with van der Waals surface area (Å²) in [4.78, 5) is 12.6. The van der Waals surface area contributed by atoms with Crippen molar-refractivity contribution in [3.63, 3.8) is 0 Å². The van der Waals surface area contributed by atoms with E-state index in [1.807, 2.05) is 11.9 Å². The molecule has 9 heteroatoms. The van der Waals surface area contributed by atoms with Gasteiger partial charge in [-0.15, -0.1) is 13.2 Å². The largest absolute Gasteiger partial charge is 0.506 e. The molecule has 0 radical (unpaired) electrons. The number of hydrogen-bond acceptors (Lipinski definition) is 4. The number of aliphatic carboxylic acids is 1. The van der Waals surface area contributed by atoms with Crippen LogP contribution in [0.2, 0.25) is 0 Å². The van der Waals surface area contributed by atoms with Crippen LogP contribution in [0.15, 0.2) is 49.4 Å². The van der Waals surface area contributed by atoms with Crippen LogP contribution in [0.25, 0.3) is 0 Å². The van der Waals surface area contributed by atoms with Crippen LogP contribution < -0.4 is 0 Å². The summed E-state index contributed by atoms with van der Waals surface area (Å²) in [5.41, 5.74) is 0.495. The minimum absolute atomic E-state index is 0.00454. The molecule has 0 bridgehead atoms. The van der Waals surface area contributed by atoms with Gasteiger partial charge in [-0.1, -0.05) is 18.7 Å². The zero-order valence-electron chi connectivity index (χ0n) is 13.2. The van der Waals surface area contributed by atoms with Gasteiger partial charge in [0.05, 0.1) is 0 Å². The highest BCUT2D eigenvalue weighted by Gasteiger charge is 2.38. The van der Waals surface area contributed by atoms with Gasteiger partial charge in [0.1, 0.15) is 23.5 Å². The molecule has 0 saturated carbocycles. The monoisotopic (exact) mass is 347 g/mol. The molecule has 24 heavy (non-hydrogen) atoms. The van der Waals surface area contributed by atoms with Gasteiger partial charge in [0, 0.05) is 20.0 Å². The second-order valence-electron chi connectivity index (χ2n) is 4.65. The molecule has 1 fully saturated rings. The van der Waals surface area contributed by atoms with Gasteiger partial charge in [0.25, 0.3) is 0 Å². The number of aliphatic hydroxyl groups is 1. The number of carboxylic acid groups (broad SMARTS) is 1. The average molecular weight is 347 g/mol. The van der Waals surface area contributed by atoms with E-state index in [1.165, 1.54) is 6.08 Å². The second-order valence-corrected chi connectivity index (χ2v) is 4.65. The van der Waals surface area contributed by atoms with Gasteiger partial charge in [0.2, 0.25) is 0 Å². The predicted molar refractivity (Wildman–Crippen MR) is 84.5 cm³/mol. The molecule has 1 aliphatic heterocycles. The van der Waals surface area contributed by atoms with Crippen molar-refractivity contribution < 1.29 is 28.2 Å². The number of carbonyl (C=O) groups is 1. The van der Waals surface area contributed by atoms with E-state index in [1.54, 1.807) is 17.1 Å². The van der Waals surface area contributed by atoms with Crippen LogP contribution in [0.1, 0.15) is 6.42 Å². The van der Waals surface area contributed by atoms with Crippen LogP contribution >= 0.6 is 0 Å². The van der Waals surface area contributed by atoms with Crippen LogP contribution in [0, 0.1) is 5.41 Å². The Labute approximate surface area is 138 Å². The van der Waals surface area contributed by atoms with Crippen LogP contribution in [0.5, 0.6) is 0 Å². The second kappa shape index (κ2) is 8.80. The van der Waals surface area contributed by atoms with E-state index in [0.717, 1.165) is 0 Å². The lowest BCUT2D eigenvalue weighted by molar-refractivity contribution is -0.192. The molecule has 1 rings (SSSR count). The first-order valence-corrected chi connectivity index (χ1v) is 6.68. The number of halogens is 3. The highest BCUT2D eigenvalue weighted by molar-refractivity contribution is 5.98. The Bertz CT molecular complexity index is 556. The molecule has 0 spiro atoms. The molecule has 0 aliphatic carbocycles. The third kappa shape index (κ3) is 5.18. The Morgan fingerprint density at radius 2 is 1.79 bits per heavy atom. The lowest BCUT2D eigenvalue weighted by Gasteiger charge is -2.27. The van der Waals surface area contributed by atoms with Crippen molar-refractivity contribution in [3.05, 3.63) is 49.4 Å². The molecule has 6 nitrogen and oxygen atoms in total. The summed E-state index contributed by atoms with van der Waals surface area (Å²) >= 11 is 0. The zero-order valence-corrected chi connectivity index (χ0v) is 13.2. The molecule has 0 aromatic heterocycles. The fraction of sp³-hybridized carbons (Fsp3) is 0.333. The molecule has 1 aliphatic rings. The normalized spacial score (nSPS) is 19.3. The van der Waals surface area contributed by atoms with E-state index >= 15 is 0 Å². The topological polar surface area (TPSA) is 87.9 Å². The Balaban J connectivity index is 0.000000640. The molecule has 1 heterocycles. The number of hydrogen-bond donors (Lipinski definition) is 3. The van der Waals surface area contributed by atoms with E-state index in [4.69, 9.17) is 15.3 Å². The summed E-state index contributed by atoms with van der Waals surface area (Å²) in [7, 11) is 1.83. The smallest absolute Gasteiger partial charge is 0.490 e. The quantitative estimate of drug-likeness (QED) is 0.526. The number of carboxylic acids is 1. The summed E-state index contributed by atoms with van der Waals surface area (Å²) in [5.74, 6) is -2.45. The molecule has 1 saturated heterocycles. The van der Waals surface area contributed by atoms with Gasteiger partial charge in [0.15, 0.2) is 0 Å². The first-order valence-electron chi connectivity index (χ1n) is 6.68. The fourth-order valence-electron chi connectivity index (χ4n) is 1.96. The van der Waals surface area contributed by atoms with Crippen LogP contribution in [-0.4, -0.2) is 57.8 Å². The number of nitrogens with zero attached hydrogens (tertiary/aromatic N) is 2. The maximum absolute atomic E-state index is 10.6. The fourth-order valence-corrected chi connectivity index (χ4v) is 1.96. The van der Waals surface area contributed by atoms with E-state index in [2.05, 4.69) is 19.7 Å². The average Bonchev–Trinajstić information content (AvgIpc) is 2.72. The van der Waals surface area contributed by atoms with Crippen molar-refractivity contribution in [3.8, 4) is 0 Å². The van der Waals surface area contributed by atoms with Crippen molar-refractivity contribution >= 4 is 11.8 Å². The van der Waals surface area contributed by atoms with Gasteiger partial charge in [-0.2, -0.15) is 13.2 Å². The summed E-state index contributed by atoms with van der Waals surface area (Å²) in [5, 5.41) is 25.0. The highest BCUT2D eigenvalue weighted by atomic mass is 19.4. The standard InChI is InChI=1S/C13H19N3O.C2HF3O2/c1-5-8-11-15(4)13(14)12(10(17)7-3)16(11)9-6-2;3-2(4,5)1(6)7/h5-7,11,14,17H,1-3,8-9H2,4H3;(H,6,7). The predicted octanol–water partition coefficient (Wildman–Crippen LogP) is 2.89. The van der Waals surface area contributed by atoms with Crippen LogP contribution in [0.3, 0.4) is 0 Å². The molecule has 134 valence electrons. The van der Waals surface area contributed by atoms with Crippen molar-refractivity contribution in [1.29, 1.82) is 5.41 Å². The molecular formula is C15H20F3N3O3. The molecule has 0 amide bonds. The van der Waals surface area contributed by atoms with Crippen LogP contribution in [-0.2, 0) is 4.79 Å². The van der Waals surface area contributed by atoms with E-state index in [0.29, 0.717) is 18.7 Å². The molecule has 1 atom stereocenters. The SMILES string of the molecule is C=CCC1N(C)C(=N)C(=C(O)C=C)N1CC=C.O=C(O)C(F)(F)F. The Morgan fingerprint density at radius 3 is 2.12 bits per heavy atom. The number of alkyl halides is 3. The minimum Gasteiger partial charge on any atom is -0.506 e.